The van der Waals surface area contributed by atoms with Crippen molar-refractivity contribution in [3.63, 3.8) is 0 Å². The maximum atomic E-state index is 10.9. The summed E-state index contributed by atoms with van der Waals surface area (Å²) in [5.74, 6) is 0.238. The Kier molecular flexibility index (Phi) is 4.98. The summed E-state index contributed by atoms with van der Waals surface area (Å²) >= 11 is 0. The van der Waals surface area contributed by atoms with Gasteiger partial charge in [-0.2, -0.15) is 5.26 Å². The zero-order valence-electron chi connectivity index (χ0n) is 14.8. The molecule has 3 unspecified atom stereocenters. The number of β-amino-alcohol motifs (C(OH)–C–C–N with tert-alkyl or cyclic N) is 1. The second-order valence-electron chi connectivity index (χ2n) is 8.31. The third kappa shape index (κ3) is 3.56. The fourth-order valence-electron chi connectivity index (χ4n) is 4.39. The van der Waals surface area contributed by atoms with Gasteiger partial charge in [-0.25, -0.2) is 0 Å². The Morgan fingerprint density at radius 3 is 2.52 bits per heavy atom. The summed E-state index contributed by atoms with van der Waals surface area (Å²) in [6.07, 6.45) is 4.63. The molecule has 0 saturated carbocycles. The Balaban J connectivity index is 1.46. The molecule has 3 saturated heterocycles. The van der Waals surface area contributed by atoms with E-state index >= 15 is 0 Å². The van der Waals surface area contributed by atoms with E-state index in [1.807, 2.05) is 0 Å². The number of aliphatic hydroxyl groups is 1. The van der Waals surface area contributed by atoms with E-state index in [1.54, 1.807) is 0 Å². The molecule has 3 aliphatic rings. The number of hydrogen-bond donors (Lipinski definition) is 2. The third-order valence-electron chi connectivity index (χ3n) is 6.16. The first-order valence-electron chi connectivity index (χ1n) is 9.27. The number of rotatable bonds is 5. The lowest BCUT2D eigenvalue weighted by atomic mass is 9.79. The van der Waals surface area contributed by atoms with Crippen LogP contribution in [-0.2, 0) is 0 Å². The molecule has 2 N–H and O–H groups in total. The van der Waals surface area contributed by atoms with Gasteiger partial charge in [0.25, 0.3) is 0 Å². The van der Waals surface area contributed by atoms with Gasteiger partial charge in [-0.05, 0) is 40.0 Å². The molecule has 0 bridgehead atoms. The highest BCUT2D eigenvalue weighted by molar-refractivity contribution is 5.07. The molecule has 0 radical (unpaired) electrons. The maximum absolute atomic E-state index is 10.9. The minimum absolute atomic E-state index is 0.238. The van der Waals surface area contributed by atoms with E-state index in [0.29, 0.717) is 18.1 Å². The molecule has 130 valence electrons. The molecule has 3 rings (SSSR count). The maximum Gasteiger partial charge on any atom is 0.105 e. The summed E-state index contributed by atoms with van der Waals surface area (Å²) in [5, 5.41) is 23.5. The van der Waals surface area contributed by atoms with E-state index in [2.05, 4.69) is 42.0 Å². The van der Waals surface area contributed by atoms with Gasteiger partial charge in [-0.3, -0.25) is 9.80 Å². The van der Waals surface area contributed by atoms with Crippen LogP contribution in [0.15, 0.2) is 0 Å². The fourth-order valence-corrected chi connectivity index (χ4v) is 4.39. The first-order valence-corrected chi connectivity index (χ1v) is 9.27. The highest BCUT2D eigenvalue weighted by atomic mass is 16.3. The third-order valence-corrected chi connectivity index (χ3v) is 6.16. The van der Waals surface area contributed by atoms with Crippen LogP contribution in [0, 0.1) is 17.2 Å². The minimum atomic E-state index is -0.533. The molecule has 5 heteroatoms. The van der Waals surface area contributed by atoms with Crippen LogP contribution in [-0.4, -0.2) is 70.9 Å². The van der Waals surface area contributed by atoms with Crippen LogP contribution in [0.5, 0.6) is 0 Å². The standard InChI is InChI=1S/C18H32N4O/c1-13(2)22-11-18(23,12-22)17-6-4-5-16(20-17)7-14(3)21-9-15(8-19)10-21/h13-17,20,23H,4-7,9-12H2,1-3H3. The van der Waals surface area contributed by atoms with Crippen molar-refractivity contribution in [2.24, 2.45) is 5.92 Å². The predicted octanol–water partition coefficient (Wildman–Crippen LogP) is 1.19. The monoisotopic (exact) mass is 320 g/mol. The number of hydrogen-bond acceptors (Lipinski definition) is 5. The van der Waals surface area contributed by atoms with Gasteiger partial charge in [0.1, 0.15) is 5.60 Å². The molecule has 0 aromatic rings. The number of nitriles is 1. The molecule has 0 spiro atoms. The molecule has 23 heavy (non-hydrogen) atoms. The van der Waals surface area contributed by atoms with Crippen LogP contribution in [0.4, 0.5) is 0 Å². The summed E-state index contributed by atoms with van der Waals surface area (Å²) in [6.45, 7) is 10.1. The second-order valence-corrected chi connectivity index (χ2v) is 8.31. The van der Waals surface area contributed by atoms with Gasteiger partial charge in [-0.1, -0.05) is 6.42 Å². The molecular formula is C18H32N4O. The van der Waals surface area contributed by atoms with Crippen LogP contribution < -0.4 is 5.32 Å². The van der Waals surface area contributed by atoms with E-state index in [0.717, 1.165) is 39.0 Å². The van der Waals surface area contributed by atoms with E-state index in [-0.39, 0.29) is 12.0 Å². The van der Waals surface area contributed by atoms with E-state index in [9.17, 15) is 5.11 Å². The quantitative estimate of drug-likeness (QED) is 0.797. The lowest BCUT2D eigenvalue weighted by Crippen LogP contribution is -2.73. The number of piperidine rings is 1. The second kappa shape index (κ2) is 6.68. The normalized spacial score (nSPS) is 33.7. The summed E-state index contributed by atoms with van der Waals surface area (Å²) in [4.78, 5) is 4.76. The van der Waals surface area contributed by atoms with Crippen molar-refractivity contribution in [2.45, 2.75) is 76.2 Å². The van der Waals surface area contributed by atoms with Crippen molar-refractivity contribution in [2.75, 3.05) is 26.2 Å². The topological polar surface area (TPSA) is 62.5 Å². The summed E-state index contributed by atoms with van der Waals surface area (Å²) in [5.41, 5.74) is -0.533. The van der Waals surface area contributed by atoms with E-state index < -0.39 is 5.60 Å². The van der Waals surface area contributed by atoms with Gasteiger partial charge >= 0.3 is 0 Å². The van der Waals surface area contributed by atoms with Crippen LogP contribution in [0.1, 0.15) is 46.5 Å². The SMILES string of the molecule is CC(C)N1CC(O)(C2CCCC(CC(C)N3CC(C#N)C3)N2)C1. The molecule has 5 nitrogen and oxygen atoms in total. The molecule has 3 fully saturated rings. The average Bonchev–Trinajstić information content (AvgIpc) is 2.42. The first kappa shape index (κ1) is 17.2. The van der Waals surface area contributed by atoms with Crippen molar-refractivity contribution < 1.29 is 5.11 Å². The Hall–Kier alpha value is -0.670. The molecule has 3 heterocycles. The first-order chi connectivity index (χ1) is 10.9. The predicted molar refractivity (Wildman–Crippen MR) is 91.0 cm³/mol. The average molecular weight is 320 g/mol. The van der Waals surface area contributed by atoms with Crippen molar-refractivity contribution >= 4 is 0 Å². The van der Waals surface area contributed by atoms with Gasteiger partial charge in [0.2, 0.25) is 0 Å². The molecule has 0 aromatic carbocycles. The molecule has 3 atom stereocenters. The highest BCUT2D eigenvalue weighted by Crippen LogP contribution is 2.32. The smallest absolute Gasteiger partial charge is 0.105 e. The number of likely N-dealkylation sites (tertiary alicyclic amines) is 2. The largest absolute Gasteiger partial charge is 0.386 e. The lowest BCUT2D eigenvalue weighted by molar-refractivity contribution is -0.138. The molecule has 0 aliphatic carbocycles. The van der Waals surface area contributed by atoms with Gasteiger partial charge in [0, 0.05) is 50.3 Å². The fraction of sp³-hybridized carbons (Fsp3) is 0.944. The Labute approximate surface area is 140 Å². The number of nitrogens with zero attached hydrogens (tertiary/aromatic N) is 3. The van der Waals surface area contributed by atoms with Gasteiger partial charge in [0.05, 0.1) is 12.0 Å². The van der Waals surface area contributed by atoms with Crippen LogP contribution in [0.3, 0.4) is 0 Å². The van der Waals surface area contributed by atoms with Gasteiger partial charge < -0.3 is 10.4 Å². The summed E-state index contributed by atoms with van der Waals surface area (Å²) < 4.78 is 0. The highest BCUT2D eigenvalue weighted by Gasteiger charge is 2.49. The van der Waals surface area contributed by atoms with Gasteiger partial charge in [0.15, 0.2) is 0 Å². The minimum Gasteiger partial charge on any atom is -0.386 e. The lowest BCUT2D eigenvalue weighted by Gasteiger charge is -2.54. The number of nitrogens with one attached hydrogen (secondary N) is 1. The molecular weight excluding hydrogens is 288 g/mol. The Bertz CT molecular complexity index is 448. The van der Waals surface area contributed by atoms with E-state index in [1.165, 1.54) is 12.8 Å². The van der Waals surface area contributed by atoms with Crippen LogP contribution >= 0.6 is 0 Å². The molecule has 0 aromatic heterocycles. The molecule has 0 amide bonds. The van der Waals surface area contributed by atoms with Crippen molar-refractivity contribution in [1.29, 1.82) is 5.26 Å². The Morgan fingerprint density at radius 2 is 1.91 bits per heavy atom. The summed E-state index contributed by atoms with van der Waals surface area (Å²) in [6, 6.07) is 4.14. The van der Waals surface area contributed by atoms with Gasteiger partial charge in [-0.15, -0.1) is 0 Å². The van der Waals surface area contributed by atoms with E-state index in [4.69, 9.17) is 5.26 Å². The van der Waals surface area contributed by atoms with Crippen LogP contribution in [0.2, 0.25) is 0 Å². The van der Waals surface area contributed by atoms with Crippen LogP contribution in [0.25, 0.3) is 0 Å². The van der Waals surface area contributed by atoms with Crippen molar-refractivity contribution in [3.8, 4) is 6.07 Å². The summed E-state index contributed by atoms with van der Waals surface area (Å²) in [7, 11) is 0. The van der Waals surface area contributed by atoms with Crippen molar-refractivity contribution in [3.05, 3.63) is 0 Å². The zero-order chi connectivity index (χ0) is 16.6. The zero-order valence-corrected chi connectivity index (χ0v) is 14.8. The van der Waals surface area contributed by atoms with Crippen molar-refractivity contribution in [1.82, 2.24) is 15.1 Å². The molecule has 3 aliphatic heterocycles. The Morgan fingerprint density at radius 1 is 1.22 bits per heavy atom.